The molecule has 1 aromatic carbocycles. The zero-order chi connectivity index (χ0) is 20.4. The molecule has 0 radical (unpaired) electrons. The van der Waals surface area contributed by atoms with Crippen LogP contribution in [-0.4, -0.2) is 32.5 Å². The van der Waals surface area contributed by atoms with Gasteiger partial charge < -0.3 is 9.32 Å². The summed E-state index contributed by atoms with van der Waals surface area (Å²) in [7, 11) is 0. The number of rotatable bonds is 6. The lowest BCUT2D eigenvalue weighted by Crippen LogP contribution is -2.40. The van der Waals surface area contributed by atoms with Gasteiger partial charge in [-0.2, -0.15) is 0 Å². The molecule has 29 heavy (non-hydrogen) atoms. The first-order valence-electron chi connectivity index (χ1n) is 9.74. The summed E-state index contributed by atoms with van der Waals surface area (Å²) in [5.74, 6) is 1.60. The van der Waals surface area contributed by atoms with E-state index in [2.05, 4.69) is 22.8 Å². The Labute approximate surface area is 174 Å². The van der Waals surface area contributed by atoms with Gasteiger partial charge in [0.2, 0.25) is 5.91 Å². The number of benzene rings is 1. The Morgan fingerprint density at radius 1 is 1.34 bits per heavy atom. The number of hydrogen-bond acceptors (Lipinski definition) is 5. The van der Waals surface area contributed by atoms with Crippen LogP contribution < -0.4 is 4.90 Å². The highest BCUT2D eigenvalue weighted by Crippen LogP contribution is 2.32. The topological polar surface area (TPSA) is 64.2 Å². The van der Waals surface area contributed by atoms with Crippen LogP contribution in [0.2, 0.25) is 0 Å². The molecule has 0 saturated carbocycles. The molecular weight excluding hydrogens is 384 g/mol. The normalized spacial score (nSPS) is 14.5. The summed E-state index contributed by atoms with van der Waals surface area (Å²) in [6.45, 7) is 8.99. The van der Waals surface area contributed by atoms with Gasteiger partial charge in [0, 0.05) is 18.8 Å². The van der Waals surface area contributed by atoms with Crippen LogP contribution in [0.4, 0.5) is 5.69 Å². The van der Waals surface area contributed by atoms with Crippen molar-refractivity contribution >= 4 is 23.4 Å². The van der Waals surface area contributed by atoms with E-state index in [1.165, 1.54) is 17.3 Å². The number of nitrogens with zero attached hydrogens (tertiary/aromatic N) is 4. The van der Waals surface area contributed by atoms with Crippen LogP contribution in [0.15, 0.2) is 58.8 Å². The second kappa shape index (κ2) is 8.29. The summed E-state index contributed by atoms with van der Waals surface area (Å²) >= 11 is 1.43. The molecule has 0 spiro atoms. The van der Waals surface area contributed by atoms with Gasteiger partial charge in [-0.15, -0.1) is 16.8 Å². The molecule has 3 heterocycles. The second-order valence-corrected chi connectivity index (χ2v) is 8.39. The molecule has 0 saturated heterocycles. The van der Waals surface area contributed by atoms with Gasteiger partial charge in [-0.25, -0.2) is 0 Å². The van der Waals surface area contributed by atoms with Crippen LogP contribution in [0.1, 0.15) is 24.7 Å². The number of aryl methyl sites for hydroxylation is 2. The van der Waals surface area contributed by atoms with E-state index in [0.717, 1.165) is 42.2 Å². The summed E-state index contributed by atoms with van der Waals surface area (Å²) in [5.41, 5.74) is 3.16. The SMILES string of the molecule is C=CCn1c(SC(C)C(=O)N2CCCc3ccccc32)nnc1-c1ccoc1C. The maximum absolute atomic E-state index is 13.2. The third kappa shape index (κ3) is 3.74. The lowest BCUT2D eigenvalue weighted by atomic mass is 10.0. The predicted octanol–water partition coefficient (Wildman–Crippen LogP) is 4.49. The van der Waals surface area contributed by atoms with Crippen LogP contribution in [0.25, 0.3) is 11.4 Å². The molecule has 4 rings (SSSR count). The van der Waals surface area contributed by atoms with Crippen molar-refractivity contribution in [2.24, 2.45) is 0 Å². The van der Waals surface area contributed by atoms with Crippen LogP contribution in [0.3, 0.4) is 0 Å². The Bertz CT molecular complexity index is 1040. The number of para-hydroxylation sites is 1. The number of carbonyl (C=O) groups is 1. The summed E-state index contributed by atoms with van der Waals surface area (Å²) in [5, 5.41) is 9.13. The number of thioether (sulfide) groups is 1. The van der Waals surface area contributed by atoms with Crippen molar-refractivity contribution in [2.45, 2.75) is 43.6 Å². The van der Waals surface area contributed by atoms with Gasteiger partial charge in [-0.05, 0) is 44.4 Å². The zero-order valence-electron chi connectivity index (χ0n) is 16.7. The molecule has 0 N–H and O–H groups in total. The largest absolute Gasteiger partial charge is 0.469 e. The van der Waals surface area contributed by atoms with E-state index in [0.29, 0.717) is 11.7 Å². The van der Waals surface area contributed by atoms with E-state index in [1.807, 2.05) is 47.6 Å². The number of aromatic nitrogens is 3. The molecule has 150 valence electrons. The highest BCUT2D eigenvalue weighted by Gasteiger charge is 2.28. The Morgan fingerprint density at radius 2 is 2.17 bits per heavy atom. The fourth-order valence-corrected chi connectivity index (χ4v) is 4.60. The standard InChI is InChI=1S/C22H24N4O2S/c1-4-12-26-20(18-11-14-28-15(18)2)23-24-22(26)29-16(3)21(27)25-13-7-9-17-8-5-6-10-19(17)25/h4-6,8,10-11,14,16H,1,7,9,12-13H2,2-3H3. The van der Waals surface area contributed by atoms with Crippen molar-refractivity contribution in [2.75, 3.05) is 11.4 Å². The minimum atomic E-state index is -0.285. The van der Waals surface area contributed by atoms with Crippen LogP contribution in [0, 0.1) is 6.92 Å². The van der Waals surface area contributed by atoms with Crippen molar-refractivity contribution < 1.29 is 9.21 Å². The maximum atomic E-state index is 13.2. The number of allylic oxidation sites excluding steroid dienone is 1. The minimum Gasteiger partial charge on any atom is -0.469 e. The van der Waals surface area contributed by atoms with E-state index < -0.39 is 0 Å². The Balaban J connectivity index is 1.58. The molecule has 0 bridgehead atoms. The minimum absolute atomic E-state index is 0.0938. The lowest BCUT2D eigenvalue weighted by Gasteiger charge is -2.31. The van der Waals surface area contributed by atoms with Crippen molar-refractivity contribution in [1.29, 1.82) is 0 Å². The number of fused-ring (bicyclic) bond motifs is 1. The van der Waals surface area contributed by atoms with Gasteiger partial charge in [0.15, 0.2) is 11.0 Å². The van der Waals surface area contributed by atoms with E-state index in [4.69, 9.17) is 4.42 Å². The van der Waals surface area contributed by atoms with Gasteiger partial charge in [0.25, 0.3) is 0 Å². The number of anilines is 1. The smallest absolute Gasteiger partial charge is 0.240 e. The molecule has 7 heteroatoms. The molecule has 1 amide bonds. The van der Waals surface area contributed by atoms with Crippen molar-refractivity contribution in [3.8, 4) is 11.4 Å². The van der Waals surface area contributed by atoms with E-state index in [1.54, 1.807) is 12.3 Å². The van der Waals surface area contributed by atoms with E-state index in [-0.39, 0.29) is 11.2 Å². The van der Waals surface area contributed by atoms with Crippen LogP contribution >= 0.6 is 11.8 Å². The van der Waals surface area contributed by atoms with Crippen LogP contribution in [0.5, 0.6) is 0 Å². The molecule has 1 atom stereocenters. The van der Waals surface area contributed by atoms with Gasteiger partial charge >= 0.3 is 0 Å². The van der Waals surface area contributed by atoms with Crippen molar-refractivity contribution in [1.82, 2.24) is 14.8 Å². The third-order valence-corrected chi connectivity index (χ3v) is 6.20. The molecule has 3 aromatic rings. The van der Waals surface area contributed by atoms with Gasteiger partial charge in [-0.3, -0.25) is 9.36 Å². The first-order chi connectivity index (χ1) is 14.1. The first kappa shape index (κ1) is 19.5. The highest BCUT2D eigenvalue weighted by atomic mass is 32.2. The maximum Gasteiger partial charge on any atom is 0.240 e. The molecule has 0 aliphatic carbocycles. The Kier molecular flexibility index (Phi) is 5.58. The number of carbonyl (C=O) groups excluding carboxylic acids is 1. The van der Waals surface area contributed by atoms with Gasteiger partial charge in [0.1, 0.15) is 5.76 Å². The summed E-state index contributed by atoms with van der Waals surface area (Å²) in [6, 6.07) is 10.0. The molecule has 1 aliphatic rings. The van der Waals surface area contributed by atoms with E-state index in [9.17, 15) is 4.79 Å². The van der Waals surface area contributed by atoms with Crippen molar-refractivity contribution in [3.63, 3.8) is 0 Å². The molecule has 2 aromatic heterocycles. The average molecular weight is 409 g/mol. The number of amides is 1. The Hall–Kier alpha value is -2.80. The van der Waals surface area contributed by atoms with Gasteiger partial charge in [0.05, 0.1) is 17.1 Å². The molecular formula is C22H24N4O2S. The fraction of sp³-hybridized carbons (Fsp3) is 0.318. The van der Waals surface area contributed by atoms with E-state index >= 15 is 0 Å². The molecule has 6 nitrogen and oxygen atoms in total. The van der Waals surface area contributed by atoms with Crippen LogP contribution in [-0.2, 0) is 17.8 Å². The monoisotopic (exact) mass is 408 g/mol. The zero-order valence-corrected chi connectivity index (χ0v) is 17.5. The van der Waals surface area contributed by atoms with Gasteiger partial charge in [-0.1, -0.05) is 36.0 Å². The molecule has 1 aliphatic heterocycles. The predicted molar refractivity (Wildman–Crippen MR) is 115 cm³/mol. The average Bonchev–Trinajstić information content (AvgIpc) is 3.33. The summed E-state index contributed by atoms with van der Waals surface area (Å²) < 4.78 is 7.39. The first-order valence-corrected chi connectivity index (χ1v) is 10.6. The number of hydrogen-bond donors (Lipinski definition) is 0. The number of furan rings is 1. The quantitative estimate of drug-likeness (QED) is 0.444. The summed E-state index contributed by atoms with van der Waals surface area (Å²) in [6.07, 6.45) is 5.45. The lowest BCUT2D eigenvalue weighted by molar-refractivity contribution is -0.117. The van der Waals surface area contributed by atoms with Crippen molar-refractivity contribution in [3.05, 3.63) is 60.6 Å². The highest BCUT2D eigenvalue weighted by molar-refractivity contribution is 8.00. The third-order valence-electron chi connectivity index (χ3n) is 5.13. The molecule has 0 fully saturated rings. The summed E-state index contributed by atoms with van der Waals surface area (Å²) in [4.78, 5) is 15.1. The Morgan fingerprint density at radius 3 is 2.93 bits per heavy atom. The molecule has 1 unspecified atom stereocenters. The fourth-order valence-electron chi connectivity index (χ4n) is 3.68. The second-order valence-electron chi connectivity index (χ2n) is 7.08.